The largest absolute Gasteiger partial charge is 0.354 e. The van der Waals surface area contributed by atoms with Crippen LogP contribution in [0.1, 0.15) is 48.8 Å². The molecule has 150 valence electrons. The van der Waals surface area contributed by atoms with Crippen molar-refractivity contribution < 1.29 is 14.1 Å². The minimum absolute atomic E-state index is 0.00936. The van der Waals surface area contributed by atoms with Crippen LogP contribution >= 0.6 is 11.8 Å². The maximum atomic E-state index is 13.1. The van der Waals surface area contributed by atoms with Crippen LogP contribution in [0.25, 0.3) is 0 Å². The molecule has 0 radical (unpaired) electrons. The number of thioether (sulfide) groups is 1. The number of rotatable bonds is 6. The second-order valence-electron chi connectivity index (χ2n) is 7.24. The number of nitrogens with zero attached hydrogens (tertiary/aromatic N) is 3. The van der Waals surface area contributed by atoms with Crippen LogP contribution in [0, 0.1) is 12.8 Å². The maximum absolute atomic E-state index is 13.1. The van der Waals surface area contributed by atoms with Crippen molar-refractivity contribution in [3.63, 3.8) is 0 Å². The highest BCUT2D eigenvalue weighted by atomic mass is 32.2. The molecule has 0 atom stereocenters. The smallest absolute Gasteiger partial charge is 0.254 e. The van der Waals surface area contributed by atoms with Crippen molar-refractivity contribution in [3.8, 4) is 0 Å². The molecular weight excluding hydrogens is 376 g/mol. The van der Waals surface area contributed by atoms with Crippen LogP contribution in [0.15, 0.2) is 33.7 Å². The third kappa shape index (κ3) is 5.13. The lowest BCUT2D eigenvalue weighted by Gasteiger charge is -2.32. The van der Waals surface area contributed by atoms with Crippen LogP contribution in [0.5, 0.6) is 0 Å². The van der Waals surface area contributed by atoms with Crippen molar-refractivity contribution >= 4 is 23.6 Å². The average molecular weight is 403 g/mol. The van der Waals surface area contributed by atoms with Crippen LogP contribution in [-0.2, 0) is 10.5 Å². The van der Waals surface area contributed by atoms with Gasteiger partial charge in [0.15, 0.2) is 5.82 Å². The van der Waals surface area contributed by atoms with Crippen LogP contribution in [0.3, 0.4) is 0 Å². The lowest BCUT2D eigenvalue weighted by Crippen LogP contribution is -2.44. The van der Waals surface area contributed by atoms with Gasteiger partial charge in [-0.2, -0.15) is 4.98 Å². The summed E-state index contributed by atoms with van der Waals surface area (Å²) in [5, 5.41) is 6.87. The highest BCUT2D eigenvalue weighted by Gasteiger charge is 2.28. The van der Waals surface area contributed by atoms with Gasteiger partial charge in [0.2, 0.25) is 11.8 Å². The molecule has 1 aromatic heterocycles. The molecule has 1 aromatic carbocycles. The first-order valence-electron chi connectivity index (χ1n) is 9.54. The molecule has 0 unspecified atom stereocenters. The molecule has 0 bridgehead atoms. The Hall–Kier alpha value is -2.35. The molecular formula is C20H26N4O3S. The topological polar surface area (TPSA) is 88.3 Å². The minimum Gasteiger partial charge on any atom is -0.354 e. The van der Waals surface area contributed by atoms with E-state index < -0.39 is 0 Å². The monoisotopic (exact) mass is 402 g/mol. The molecule has 3 rings (SSSR count). The number of benzene rings is 1. The fraction of sp³-hybridized carbons (Fsp3) is 0.500. The molecule has 1 aliphatic heterocycles. The number of carbonyl (C=O) groups excluding carboxylic acids is 2. The molecule has 0 spiro atoms. The van der Waals surface area contributed by atoms with E-state index in [4.69, 9.17) is 4.52 Å². The molecule has 0 saturated carbocycles. The highest BCUT2D eigenvalue weighted by Crippen LogP contribution is 2.28. The second-order valence-corrected chi connectivity index (χ2v) is 8.26. The van der Waals surface area contributed by atoms with Gasteiger partial charge in [0.05, 0.1) is 11.3 Å². The third-order valence-corrected chi connectivity index (χ3v) is 5.70. The van der Waals surface area contributed by atoms with Crippen LogP contribution in [0.2, 0.25) is 0 Å². The van der Waals surface area contributed by atoms with E-state index in [0.717, 1.165) is 4.90 Å². The number of aryl methyl sites for hydroxylation is 1. The number of aromatic nitrogens is 2. The Balaban J connectivity index is 1.61. The van der Waals surface area contributed by atoms with Crippen LogP contribution in [0.4, 0.5) is 0 Å². The zero-order valence-electron chi connectivity index (χ0n) is 16.5. The van der Waals surface area contributed by atoms with E-state index in [2.05, 4.69) is 15.5 Å². The van der Waals surface area contributed by atoms with E-state index in [1.54, 1.807) is 6.92 Å². The molecule has 1 N–H and O–H groups in total. The molecule has 2 amide bonds. The number of piperidine rings is 1. The van der Waals surface area contributed by atoms with Gasteiger partial charge in [-0.15, -0.1) is 11.8 Å². The van der Waals surface area contributed by atoms with Gasteiger partial charge in [-0.05, 0) is 38.8 Å². The van der Waals surface area contributed by atoms with Crippen molar-refractivity contribution in [2.24, 2.45) is 5.92 Å². The molecule has 28 heavy (non-hydrogen) atoms. The van der Waals surface area contributed by atoms with Gasteiger partial charge in [0, 0.05) is 36.9 Å². The van der Waals surface area contributed by atoms with Crippen LogP contribution < -0.4 is 5.32 Å². The Morgan fingerprint density at radius 3 is 2.64 bits per heavy atom. The van der Waals surface area contributed by atoms with Crippen LogP contribution in [-0.4, -0.2) is 46.0 Å². The zero-order valence-corrected chi connectivity index (χ0v) is 17.3. The van der Waals surface area contributed by atoms with E-state index >= 15 is 0 Å². The molecule has 2 heterocycles. The maximum Gasteiger partial charge on any atom is 0.254 e. The number of nitrogens with one attached hydrogen (secondary N) is 1. The van der Waals surface area contributed by atoms with Gasteiger partial charge >= 0.3 is 0 Å². The van der Waals surface area contributed by atoms with Gasteiger partial charge in [-0.1, -0.05) is 17.3 Å². The zero-order chi connectivity index (χ0) is 20.1. The Labute approximate surface area is 169 Å². The Morgan fingerprint density at radius 1 is 1.29 bits per heavy atom. The van der Waals surface area contributed by atoms with E-state index in [1.165, 1.54) is 11.8 Å². The Kier molecular flexibility index (Phi) is 6.72. The Bertz CT molecular complexity index is 828. The van der Waals surface area contributed by atoms with Crippen molar-refractivity contribution in [2.45, 2.75) is 50.3 Å². The number of hydrogen-bond donors (Lipinski definition) is 1. The number of likely N-dealkylation sites (tertiary alicyclic amines) is 1. The van der Waals surface area contributed by atoms with Gasteiger partial charge in [0.1, 0.15) is 0 Å². The third-order valence-electron chi connectivity index (χ3n) is 4.63. The molecule has 2 aromatic rings. The lowest BCUT2D eigenvalue weighted by molar-refractivity contribution is -0.126. The summed E-state index contributed by atoms with van der Waals surface area (Å²) in [4.78, 5) is 32.2. The van der Waals surface area contributed by atoms with Crippen molar-refractivity contribution in [3.05, 3.63) is 41.5 Å². The summed E-state index contributed by atoms with van der Waals surface area (Å²) < 4.78 is 5.00. The van der Waals surface area contributed by atoms with E-state index in [1.807, 2.05) is 43.0 Å². The first-order chi connectivity index (χ1) is 13.4. The summed E-state index contributed by atoms with van der Waals surface area (Å²) in [6.07, 6.45) is 1.39. The number of hydrogen-bond acceptors (Lipinski definition) is 6. The fourth-order valence-corrected chi connectivity index (χ4v) is 4.12. The molecule has 1 fully saturated rings. The summed E-state index contributed by atoms with van der Waals surface area (Å²) in [7, 11) is 0. The van der Waals surface area contributed by atoms with E-state index in [0.29, 0.717) is 49.0 Å². The summed E-state index contributed by atoms with van der Waals surface area (Å²) in [5.74, 6) is 1.77. The normalized spacial score (nSPS) is 15.1. The Morgan fingerprint density at radius 2 is 2.00 bits per heavy atom. The molecule has 0 aliphatic carbocycles. The quantitative estimate of drug-likeness (QED) is 0.747. The van der Waals surface area contributed by atoms with Gasteiger partial charge in [-0.3, -0.25) is 9.59 Å². The highest BCUT2D eigenvalue weighted by molar-refractivity contribution is 7.98. The molecule has 1 aliphatic rings. The predicted molar refractivity (Wildman–Crippen MR) is 107 cm³/mol. The summed E-state index contributed by atoms with van der Waals surface area (Å²) in [5.41, 5.74) is 0.679. The minimum atomic E-state index is -0.0162. The van der Waals surface area contributed by atoms with Crippen molar-refractivity contribution in [2.75, 3.05) is 13.1 Å². The van der Waals surface area contributed by atoms with E-state index in [9.17, 15) is 9.59 Å². The summed E-state index contributed by atoms with van der Waals surface area (Å²) >= 11 is 1.52. The summed E-state index contributed by atoms with van der Waals surface area (Å²) in [6, 6.07) is 7.72. The molecule has 8 heteroatoms. The lowest BCUT2D eigenvalue weighted by atomic mass is 9.95. The van der Waals surface area contributed by atoms with Gasteiger partial charge in [0.25, 0.3) is 5.91 Å². The first kappa shape index (κ1) is 20.4. The average Bonchev–Trinajstić information content (AvgIpc) is 3.11. The summed E-state index contributed by atoms with van der Waals surface area (Å²) in [6.45, 7) is 6.86. The first-order valence-corrected chi connectivity index (χ1v) is 10.5. The number of amides is 2. The SMILES string of the molecule is Cc1nc(CSc2ccccc2C(=O)N2CCC(C(=O)NC(C)C)CC2)no1. The molecule has 7 nitrogen and oxygen atoms in total. The second kappa shape index (κ2) is 9.23. The van der Waals surface area contributed by atoms with Crippen molar-refractivity contribution in [1.29, 1.82) is 0 Å². The number of carbonyl (C=O) groups is 2. The van der Waals surface area contributed by atoms with Crippen molar-refractivity contribution in [1.82, 2.24) is 20.4 Å². The van der Waals surface area contributed by atoms with Gasteiger partial charge < -0.3 is 14.7 Å². The fourth-order valence-electron chi connectivity index (χ4n) is 3.23. The molecule has 1 saturated heterocycles. The van der Waals surface area contributed by atoms with E-state index in [-0.39, 0.29) is 23.8 Å². The van der Waals surface area contributed by atoms with Gasteiger partial charge in [-0.25, -0.2) is 0 Å². The standard InChI is InChI=1S/C20H26N4O3S/c1-13(2)21-19(25)15-8-10-24(11-9-15)20(26)16-6-4-5-7-17(16)28-12-18-22-14(3)27-23-18/h4-7,13,15H,8-12H2,1-3H3,(H,21,25). The predicted octanol–water partition coefficient (Wildman–Crippen LogP) is 3.05.